The van der Waals surface area contributed by atoms with Gasteiger partial charge in [-0.1, -0.05) is 13.0 Å². The zero-order valence-electron chi connectivity index (χ0n) is 13.0. The minimum atomic E-state index is -0.304. The fourth-order valence-corrected chi connectivity index (χ4v) is 2.98. The highest BCUT2D eigenvalue weighted by molar-refractivity contribution is 5.63. The molecule has 21 heavy (non-hydrogen) atoms. The van der Waals surface area contributed by atoms with E-state index in [0.29, 0.717) is 11.7 Å². The summed E-state index contributed by atoms with van der Waals surface area (Å²) in [5, 5.41) is 14.5. The van der Waals surface area contributed by atoms with E-state index in [-0.39, 0.29) is 10.6 Å². The maximum absolute atomic E-state index is 11.1. The second-order valence-electron chi connectivity index (χ2n) is 5.89. The van der Waals surface area contributed by atoms with Crippen LogP contribution in [0.15, 0.2) is 18.2 Å². The topological polar surface area (TPSA) is 58.4 Å². The number of nitrogens with one attached hydrogen (secondary N) is 1. The van der Waals surface area contributed by atoms with Gasteiger partial charge in [-0.2, -0.15) is 0 Å². The summed E-state index contributed by atoms with van der Waals surface area (Å²) in [7, 11) is 0. The Morgan fingerprint density at radius 1 is 1.38 bits per heavy atom. The normalized spacial score (nSPS) is 20.0. The first-order valence-corrected chi connectivity index (χ1v) is 7.84. The predicted octanol–water partition coefficient (Wildman–Crippen LogP) is 3.58. The lowest BCUT2D eigenvalue weighted by molar-refractivity contribution is -0.384. The van der Waals surface area contributed by atoms with Crippen molar-refractivity contribution in [3.63, 3.8) is 0 Å². The van der Waals surface area contributed by atoms with E-state index in [4.69, 9.17) is 0 Å². The summed E-state index contributed by atoms with van der Waals surface area (Å²) in [6.45, 7) is 7.53. The van der Waals surface area contributed by atoms with Crippen molar-refractivity contribution in [3.05, 3.63) is 33.9 Å². The van der Waals surface area contributed by atoms with Crippen LogP contribution in [0.25, 0.3) is 0 Å². The first kappa shape index (κ1) is 15.8. The van der Waals surface area contributed by atoms with Gasteiger partial charge in [0, 0.05) is 18.7 Å². The fourth-order valence-electron chi connectivity index (χ4n) is 2.98. The first-order chi connectivity index (χ1) is 10.1. The molecule has 1 atom stereocenters. The van der Waals surface area contributed by atoms with Crippen LogP contribution in [0, 0.1) is 17.0 Å². The van der Waals surface area contributed by atoms with Crippen molar-refractivity contribution in [1.29, 1.82) is 0 Å². The summed E-state index contributed by atoms with van der Waals surface area (Å²) in [4.78, 5) is 13.3. The summed E-state index contributed by atoms with van der Waals surface area (Å²) in [6.07, 6.45) is 4.45. The minimum Gasteiger partial charge on any atom is -0.377 e. The van der Waals surface area contributed by atoms with Crippen LogP contribution in [0.4, 0.5) is 11.4 Å². The smallest absolute Gasteiger partial charge is 0.292 e. The molecule has 1 saturated heterocycles. The second kappa shape index (κ2) is 7.41. The minimum absolute atomic E-state index is 0.176. The Kier molecular flexibility index (Phi) is 5.56. The zero-order valence-corrected chi connectivity index (χ0v) is 13.0. The van der Waals surface area contributed by atoms with Crippen LogP contribution in [-0.4, -0.2) is 35.5 Å². The Hall–Kier alpha value is -1.62. The number of nitrogens with zero attached hydrogens (tertiary/aromatic N) is 2. The number of rotatable bonds is 5. The lowest BCUT2D eigenvalue weighted by atomic mass is 10.1. The number of anilines is 1. The van der Waals surface area contributed by atoms with E-state index in [1.807, 2.05) is 13.0 Å². The Balaban J connectivity index is 2.04. The van der Waals surface area contributed by atoms with E-state index in [0.717, 1.165) is 44.5 Å². The van der Waals surface area contributed by atoms with Gasteiger partial charge in [0.15, 0.2) is 0 Å². The van der Waals surface area contributed by atoms with E-state index >= 15 is 0 Å². The van der Waals surface area contributed by atoms with E-state index in [1.165, 1.54) is 6.42 Å². The molecule has 0 aromatic heterocycles. The van der Waals surface area contributed by atoms with Crippen molar-refractivity contribution in [2.24, 2.45) is 0 Å². The summed E-state index contributed by atoms with van der Waals surface area (Å²) < 4.78 is 0. The maximum atomic E-state index is 11.1. The van der Waals surface area contributed by atoms with Crippen LogP contribution in [0.3, 0.4) is 0 Å². The molecule has 1 aromatic carbocycles. The molecule has 1 aliphatic rings. The molecule has 1 heterocycles. The van der Waals surface area contributed by atoms with Crippen molar-refractivity contribution in [3.8, 4) is 0 Å². The molecule has 1 aliphatic heterocycles. The highest BCUT2D eigenvalue weighted by atomic mass is 16.6. The van der Waals surface area contributed by atoms with E-state index in [9.17, 15) is 10.1 Å². The molecule has 0 bridgehead atoms. The number of aryl methyl sites for hydroxylation is 1. The number of nitro groups is 1. The van der Waals surface area contributed by atoms with Crippen LogP contribution in [0.5, 0.6) is 0 Å². The van der Waals surface area contributed by atoms with Crippen molar-refractivity contribution >= 4 is 11.4 Å². The first-order valence-electron chi connectivity index (χ1n) is 7.84. The summed E-state index contributed by atoms with van der Waals surface area (Å²) >= 11 is 0. The predicted molar refractivity (Wildman–Crippen MR) is 85.8 cm³/mol. The van der Waals surface area contributed by atoms with Gasteiger partial charge in [-0.3, -0.25) is 10.1 Å². The van der Waals surface area contributed by atoms with E-state index in [2.05, 4.69) is 17.1 Å². The molecule has 5 heteroatoms. The number of nitro benzene ring substituents is 1. The summed E-state index contributed by atoms with van der Waals surface area (Å²) in [5.74, 6) is 0. The number of hydrogen-bond donors (Lipinski definition) is 1. The van der Waals surface area contributed by atoms with E-state index in [1.54, 1.807) is 12.1 Å². The van der Waals surface area contributed by atoms with Gasteiger partial charge in [0.25, 0.3) is 5.69 Å². The SMILES string of the molecule is CCCN1CCCC(Nc2cc(C)ccc2[N+](=O)[O-])CC1. The lowest BCUT2D eigenvalue weighted by Crippen LogP contribution is -2.27. The van der Waals surface area contributed by atoms with E-state index < -0.39 is 0 Å². The average Bonchev–Trinajstić information content (AvgIpc) is 2.65. The van der Waals surface area contributed by atoms with Gasteiger partial charge in [-0.15, -0.1) is 0 Å². The zero-order chi connectivity index (χ0) is 15.2. The Morgan fingerprint density at radius 3 is 2.90 bits per heavy atom. The average molecular weight is 291 g/mol. The molecule has 1 aromatic rings. The molecule has 2 rings (SSSR count). The Bertz CT molecular complexity index is 490. The van der Waals surface area contributed by atoms with Gasteiger partial charge < -0.3 is 10.2 Å². The van der Waals surface area contributed by atoms with Crippen molar-refractivity contribution in [1.82, 2.24) is 4.90 Å². The van der Waals surface area contributed by atoms with Crippen molar-refractivity contribution in [2.45, 2.75) is 45.6 Å². The maximum Gasteiger partial charge on any atom is 0.292 e. The van der Waals surface area contributed by atoms with Crippen molar-refractivity contribution in [2.75, 3.05) is 25.0 Å². The Morgan fingerprint density at radius 2 is 2.19 bits per heavy atom. The van der Waals surface area contributed by atoms with Gasteiger partial charge in [0.1, 0.15) is 5.69 Å². The molecule has 116 valence electrons. The van der Waals surface area contributed by atoms with Gasteiger partial charge in [0.2, 0.25) is 0 Å². The second-order valence-corrected chi connectivity index (χ2v) is 5.89. The fraction of sp³-hybridized carbons (Fsp3) is 0.625. The molecule has 0 amide bonds. The van der Waals surface area contributed by atoms with Crippen LogP contribution < -0.4 is 5.32 Å². The molecule has 5 nitrogen and oxygen atoms in total. The lowest BCUT2D eigenvalue weighted by Gasteiger charge is -2.20. The summed E-state index contributed by atoms with van der Waals surface area (Å²) in [5.41, 5.74) is 1.88. The quantitative estimate of drug-likeness (QED) is 0.665. The van der Waals surface area contributed by atoms with Crippen LogP contribution in [0.2, 0.25) is 0 Å². The van der Waals surface area contributed by atoms with Gasteiger partial charge >= 0.3 is 0 Å². The Labute approximate surface area is 126 Å². The third-order valence-corrected chi connectivity index (χ3v) is 4.07. The largest absolute Gasteiger partial charge is 0.377 e. The summed E-state index contributed by atoms with van der Waals surface area (Å²) in [6, 6.07) is 5.59. The number of likely N-dealkylation sites (tertiary alicyclic amines) is 1. The third kappa shape index (κ3) is 4.43. The molecular formula is C16H25N3O2. The molecule has 0 radical (unpaired) electrons. The molecule has 0 aliphatic carbocycles. The van der Waals surface area contributed by atoms with Crippen LogP contribution in [0.1, 0.15) is 38.2 Å². The molecule has 1 N–H and O–H groups in total. The molecule has 1 unspecified atom stereocenters. The van der Waals surface area contributed by atoms with Gasteiger partial charge in [-0.05, 0) is 57.3 Å². The number of benzene rings is 1. The van der Waals surface area contributed by atoms with Crippen LogP contribution >= 0.6 is 0 Å². The monoisotopic (exact) mass is 291 g/mol. The van der Waals surface area contributed by atoms with Crippen LogP contribution in [-0.2, 0) is 0 Å². The third-order valence-electron chi connectivity index (χ3n) is 4.07. The van der Waals surface area contributed by atoms with Crippen molar-refractivity contribution < 1.29 is 4.92 Å². The standard InChI is InChI=1S/C16H25N3O2/c1-3-9-18-10-4-5-14(8-11-18)17-15-12-13(2)6-7-16(15)19(20)21/h6-7,12,14,17H,3-5,8-11H2,1-2H3. The molecular weight excluding hydrogens is 266 g/mol. The van der Waals surface area contributed by atoms with Gasteiger partial charge in [0.05, 0.1) is 4.92 Å². The van der Waals surface area contributed by atoms with Gasteiger partial charge in [-0.25, -0.2) is 0 Å². The molecule has 0 saturated carbocycles. The highest BCUT2D eigenvalue weighted by Gasteiger charge is 2.20. The molecule has 0 spiro atoms. The number of hydrogen-bond acceptors (Lipinski definition) is 4. The highest BCUT2D eigenvalue weighted by Crippen LogP contribution is 2.27. The molecule has 1 fully saturated rings.